The number of carbonyl (C=O) groups excluding carboxylic acids is 1. The fourth-order valence-electron chi connectivity index (χ4n) is 4.36. The maximum absolute atomic E-state index is 12.5. The first-order valence-corrected chi connectivity index (χ1v) is 10.5. The first kappa shape index (κ1) is 18.7. The van der Waals surface area contributed by atoms with Gasteiger partial charge in [0.2, 0.25) is 5.91 Å². The average molecular weight is 376 g/mol. The van der Waals surface area contributed by atoms with Crippen LogP contribution in [0, 0.1) is 12.8 Å². The highest BCUT2D eigenvalue weighted by atomic mass is 16.1. The van der Waals surface area contributed by atoms with Gasteiger partial charge in [-0.25, -0.2) is 0 Å². The van der Waals surface area contributed by atoms with Crippen molar-refractivity contribution in [3.63, 3.8) is 0 Å². The summed E-state index contributed by atoms with van der Waals surface area (Å²) in [5.74, 6) is 0.859. The Bertz CT molecular complexity index is 868. The summed E-state index contributed by atoms with van der Waals surface area (Å²) >= 11 is 0. The maximum Gasteiger partial charge on any atom is 0.224 e. The maximum atomic E-state index is 12.5. The Kier molecular flexibility index (Phi) is 5.75. The number of carbonyl (C=O) groups is 1. The number of amides is 1. The molecular formula is C24H29N3O. The molecule has 2 aromatic rings. The number of nitrogens with zero attached hydrogens (tertiary/aromatic N) is 2. The lowest BCUT2D eigenvalue weighted by Gasteiger charge is -2.29. The van der Waals surface area contributed by atoms with Gasteiger partial charge in [0, 0.05) is 24.0 Å². The summed E-state index contributed by atoms with van der Waals surface area (Å²) in [6.07, 6.45) is 10.2. The van der Waals surface area contributed by atoms with Gasteiger partial charge in [-0.3, -0.25) is 9.79 Å². The second-order valence-corrected chi connectivity index (χ2v) is 8.00. The predicted octanol–water partition coefficient (Wildman–Crippen LogP) is 6.15. The monoisotopic (exact) mass is 375 g/mol. The standard InChI is InChI=1S/C24H29N3O/c1-18-11-13-20(26-24(28)14-12-19-7-3-2-4-8-19)17-23(18)27-16-15-25-21-9-5-6-10-22(21)27/h5-6,9-11,13,15,17,19H,2-4,7-8,12,14,16H2,1H3,(H,26,28). The molecule has 4 nitrogen and oxygen atoms in total. The van der Waals surface area contributed by atoms with Gasteiger partial charge in [-0.1, -0.05) is 50.3 Å². The van der Waals surface area contributed by atoms with Crippen molar-refractivity contribution < 1.29 is 4.79 Å². The summed E-state index contributed by atoms with van der Waals surface area (Å²) in [6.45, 7) is 2.84. The second kappa shape index (κ2) is 8.59. The predicted molar refractivity (Wildman–Crippen MR) is 117 cm³/mol. The van der Waals surface area contributed by atoms with E-state index in [2.05, 4.69) is 40.3 Å². The Balaban J connectivity index is 1.45. The molecule has 2 aromatic carbocycles. The Labute approximate surface area is 167 Å². The summed E-state index contributed by atoms with van der Waals surface area (Å²) in [4.78, 5) is 19.2. The highest BCUT2D eigenvalue weighted by molar-refractivity contribution is 5.93. The Morgan fingerprint density at radius 2 is 1.93 bits per heavy atom. The summed E-state index contributed by atoms with van der Waals surface area (Å²) < 4.78 is 0. The van der Waals surface area contributed by atoms with Crippen molar-refractivity contribution in [1.29, 1.82) is 0 Å². The zero-order valence-electron chi connectivity index (χ0n) is 16.7. The lowest BCUT2D eigenvalue weighted by atomic mass is 9.86. The smallest absolute Gasteiger partial charge is 0.224 e. The first-order chi connectivity index (χ1) is 13.7. The van der Waals surface area contributed by atoms with Gasteiger partial charge >= 0.3 is 0 Å². The van der Waals surface area contributed by atoms with Gasteiger partial charge < -0.3 is 10.2 Å². The molecule has 2 aliphatic rings. The minimum Gasteiger partial charge on any atom is -0.334 e. The topological polar surface area (TPSA) is 44.7 Å². The van der Waals surface area contributed by atoms with Gasteiger partial charge in [-0.2, -0.15) is 0 Å². The number of aliphatic imine (C=N–C) groups is 1. The summed E-state index contributed by atoms with van der Waals surface area (Å²) in [6, 6.07) is 14.4. The normalized spacial score (nSPS) is 16.7. The van der Waals surface area contributed by atoms with Crippen molar-refractivity contribution in [2.24, 2.45) is 10.9 Å². The van der Waals surface area contributed by atoms with Gasteiger partial charge in [0.05, 0.1) is 17.9 Å². The molecule has 0 aromatic heterocycles. The molecule has 0 saturated heterocycles. The molecule has 1 N–H and O–H groups in total. The molecule has 1 aliphatic carbocycles. The van der Waals surface area contributed by atoms with E-state index in [1.54, 1.807) is 0 Å². The number of aryl methyl sites for hydroxylation is 1. The van der Waals surface area contributed by atoms with Crippen LogP contribution in [0.3, 0.4) is 0 Å². The van der Waals surface area contributed by atoms with E-state index in [0.717, 1.165) is 41.6 Å². The van der Waals surface area contributed by atoms with E-state index in [4.69, 9.17) is 0 Å². The SMILES string of the molecule is Cc1ccc(NC(=O)CCC2CCCCC2)cc1N1CC=Nc2ccccc21. The van der Waals surface area contributed by atoms with Crippen LogP contribution in [0.15, 0.2) is 47.5 Å². The molecule has 0 unspecified atom stereocenters. The minimum absolute atomic E-state index is 0.126. The number of fused-ring (bicyclic) bond motifs is 1. The quantitative estimate of drug-likeness (QED) is 0.681. The summed E-state index contributed by atoms with van der Waals surface area (Å²) in [5.41, 5.74) is 5.26. The Hall–Kier alpha value is -2.62. The van der Waals surface area contributed by atoms with Crippen LogP contribution in [0.5, 0.6) is 0 Å². The molecule has 1 saturated carbocycles. The molecular weight excluding hydrogens is 346 g/mol. The molecule has 1 amide bonds. The molecule has 4 heteroatoms. The largest absolute Gasteiger partial charge is 0.334 e. The van der Waals surface area contributed by atoms with Crippen LogP contribution >= 0.6 is 0 Å². The molecule has 0 atom stereocenters. The van der Waals surface area contributed by atoms with E-state index < -0.39 is 0 Å². The minimum atomic E-state index is 0.126. The molecule has 0 radical (unpaired) electrons. The van der Waals surface area contributed by atoms with Gasteiger partial charge in [-0.05, 0) is 49.1 Å². The van der Waals surface area contributed by atoms with Gasteiger partial charge in [0.25, 0.3) is 0 Å². The van der Waals surface area contributed by atoms with E-state index >= 15 is 0 Å². The number of anilines is 3. The molecule has 4 rings (SSSR count). The lowest BCUT2D eigenvalue weighted by Crippen LogP contribution is -2.23. The van der Waals surface area contributed by atoms with E-state index in [1.165, 1.54) is 37.7 Å². The van der Waals surface area contributed by atoms with Crippen LogP contribution in [0.25, 0.3) is 0 Å². The van der Waals surface area contributed by atoms with E-state index in [9.17, 15) is 4.79 Å². The number of rotatable bonds is 5. The highest BCUT2D eigenvalue weighted by Gasteiger charge is 2.18. The van der Waals surface area contributed by atoms with E-state index in [0.29, 0.717) is 6.42 Å². The molecule has 0 spiro atoms. The Morgan fingerprint density at radius 3 is 2.79 bits per heavy atom. The van der Waals surface area contributed by atoms with Crippen molar-refractivity contribution in [3.8, 4) is 0 Å². The van der Waals surface area contributed by atoms with Crippen LogP contribution in [-0.2, 0) is 4.79 Å². The number of hydrogen-bond donors (Lipinski definition) is 1. The number of para-hydroxylation sites is 2. The van der Waals surface area contributed by atoms with Crippen molar-refractivity contribution in [2.75, 3.05) is 16.8 Å². The van der Waals surface area contributed by atoms with Crippen molar-refractivity contribution in [2.45, 2.75) is 51.9 Å². The van der Waals surface area contributed by atoms with Crippen LogP contribution in [0.1, 0.15) is 50.5 Å². The molecule has 0 bridgehead atoms. The average Bonchev–Trinajstić information content (AvgIpc) is 2.74. The second-order valence-electron chi connectivity index (χ2n) is 8.00. The zero-order valence-corrected chi connectivity index (χ0v) is 16.7. The van der Waals surface area contributed by atoms with E-state index in [1.807, 2.05) is 30.5 Å². The molecule has 28 heavy (non-hydrogen) atoms. The number of hydrogen-bond acceptors (Lipinski definition) is 3. The highest BCUT2D eigenvalue weighted by Crippen LogP contribution is 2.38. The van der Waals surface area contributed by atoms with Crippen molar-refractivity contribution in [3.05, 3.63) is 48.0 Å². The number of benzene rings is 2. The summed E-state index contributed by atoms with van der Waals surface area (Å²) in [7, 11) is 0. The number of nitrogens with one attached hydrogen (secondary N) is 1. The van der Waals surface area contributed by atoms with Crippen molar-refractivity contribution in [1.82, 2.24) is 0 Å². The fourth-order valence-corrected chi connectivity index (χ4v) is 4.36. The van der Waals surface area contributed by atoms with Crippen molar-refractivity contribution >= 4 is 34.9 Å². The first-order valence-electron chi connectivity index (χ1n) is 10.5. The molecule has 146 valence electrons. The van der Waals surface area contributed by atoms with Gasteiger partial charge in [0.15, 0.2) is 0 Å². The summed E-state index contributed by atoms with van der Waals surface area (Å²) in [5, 5.41) is 3.11. The lowest BCUT2D eigenvalue weighted by molar-refractivity contribution is -0.116. The van der Waals surface area contributed by atoms with Crippen LogP contribution in [0.2, 0.25) is 0 Å². The third-order valence-electron chi connectivity index (χ3n) is 5.96. The third kappa shape index (κ3) is 4.27. The third-order valence-corrected chi connectivity index (χ3v) is 5.96. The van der Waals surface area contributed by atoms with E-state index in [-0.39, 0.29) is 5.91 Å². The Morgan fingerprint density at radius 1 is 1.11 bits per heavy atom. The molecule has 1 heterocycles. The molecule has 1 aliphatic heterocycles. The van der Waals surface area contributed by atoms with Gasteiger partial charge in [-0.15, -0.1) is 0 Å². The van der Waals surface area contributed by atoms with Gasteiger partial charge in [0.1, 0.15) is 0 Å². The van der Waals surface area contributed by atoms with Crippen LogP contribution in [0.4, 0.5) is 22.7 Å². The fraction of sp³-hybridized carbons (Fsp3) is 0.417. The zero-order chi connectivity index (χ0) is 19.3. The molecule has 1 fully saturated rings. The van der Waals surface area contributed by atoms with Crippen LogP contribution < -0.4 is 10.2 Å². The van der Waals surface area contributed by atoms with Crippen LogP contribution in [-0.4, -0.2) is 18.7 Å².